The molecule has 2 N–H and O–H groups in total. The topological polar surface area (TPSA) is 43.1 Å². The third-order valence-corrected chi connectivity index (χ3v) is 2.66. The Kier molecular flexibility index (Phi) is 3.58. The van der Waals surface area contributed by atoms with E-state index >= 15 is 0 Å². The lowest BCUT2D eigenvalue weighted by Gasteiger charge is -1.98. The van der Waals surface area contributed by atoms with Crippen LogP contribution in [-0.4, -0.2) is 5.78 Å². The fourth-order valence-electron chi connectivity index (χ4n) is 1.69. The molecular weight excluding hydrogens is 222 g/mol. The number of carbonyl (C=O) groups is 1. The zero-order valence-electron chi connectivity index (χ0n) is 10.3. The maximum Gasteiger partial charge on any atom is 0.185 e. The first kappa shape index (κ1) is 12.1. The summed E-state index contributed by atoms with van der Waals surface area (Å²) >= 11 is 0. The van der Waals surface area contributed by atoms with Crippen LogP contribution in [0.1, 0.15) is 21.5 Å². The van der Waals surface area contributed by atoms with Crippen LogP contribution in [-0.2, 0) is 0 Å². The molecule has 0 saturated heterocycles. The molecule has 0 unspecified atom stereocenters. The number of hydrogen-bond donors (Lipinski definition) is 1. The van der Waals surface area contributed by atoms with Crippen molar-refractivity contribution in [2.24, 2.45) is 0 Å². The Morgan fingerprint density at radius 2 is 1.83 bits per heavy atom. The number of nitrogens with two attached hydrogens (primary N) is 1. The van der Waals surface area contributed by atoms with E-state index in [2.05, 4.69) is 0 Å². The lowest BCUT2D eigenvalue weighted by molar-refractivity contribution is 0.104. The van der Waals surface area contributed by atoms with E-state index in [-0.39, 0.29) is 5.78 Å². The molecule has 0 fully saturated rings. The highest BCUT2D eigenvalue weighted by Crippen LogP contribution is 2.09. The lowest BCUT2D eigenvalue weighted by Crippen LogP contribution is -1.94. The highest BCUT2D eigenvalue weighted by atomic mass is 16.1. The molecule has 90 valence electrons. The summed E-state index contributed by atoms with van der Waals surface area (Å²) < 4.78 is 0. The molecule has 0 bridgehead atoms. The Bertz CT molecular complexity index is 582. The lowest BCUT2D eigenvalue weighted by atomic mass is 10.1. The molecule has 0 radical (unpaired) electrons. The molecule has 2 heteroatoms. The minimum Gasteiger partial charge on any atom is -0.399 e. The molecule has 2 aromatic rings. The Balaban J connectivity index is 2.14. The fraction of sp³-hybridized carbons (Fsp3) is 0.0625. The van der Waals surface area contributed by atoms with Gasteiger partial charge in [-0.1, -0.05) is 35.9 Å². The van der Waals surface area contributed by atoms with E-state index in [1.54, 1.807) is 30.3 Å². The Labute approximate surface area is 107 Å². The first-order valence-electron chi connectivity index (χ1n) is 5.80. The van der Waals surface area contributed by atoms with E-state index in [4.69, 9.17) is 5.73 Å². The summed E-state index contributed by atoms with van der Waals surface area (Å²) in [6.07, 6.45) is 3.41. The van der Waals surface area contributed by atoms with E-state index in [1.807, 2.05) is 37.3 Å². The molecule has 0 amide bonds. The maximum atomic E-state index is 11.9. The zero-order valence-corrected chi connectivity index (χ0v) is 10.3. The van der Waals surface area contributed by atoms with Crippen LogP contribution in [0.15, 0.2) is 54.6 Å². The SMILES string of the molecule is Cc1cccc(C=CC(=O)c2ccc(N)cc2)c1. The maximum absolute atomic E-state index is 11.9. The molecule has 0 aliphatic rings. The van der Waals surface area contributed by atoms with Gasteiger partial charge < -0.3 is 5.73 Å². The number of ketones is 1. The van der Waals surface area contributed by atoms with Crippen LogP contribution >= 0.6 is 0 Å². The Hall–Kier alpha value is -2.35. The van der Waals surface area contributed by atoms with Gasteiger partial charge in [0.15, 0.2) is 5.78 Å². The molecule has 2 nitrogen and oxygen atoms in total. The van der Waals surface area contributed by atoms with Crippen LogP contribution in [0.4, 0.5) is 5.69 Å². The number of benzene rings is 2. The van der Waals surface area contributed by atoms with E-state index < -0.39 is 0 Å². The van der Waals surface area contributed by atoms with Crippen molar-refractivity contribution in [2.75, 3.05) is 5.73 Å². The van der Waals surface area contributed by atoms with Gasteiger partial charge in [0.2, 0.25) is 0 Å². The summed E-state index contributed by atoms with van der Waals surface area (Å²) in [5.41, 5.74) is 9.09. The minimum atomic E-state index is -0.0171. The Morgan fingerprint density at radius 1 is 1.11 bits per heavy atom. The zero-order chi connectivity index (χ0) is 13.0. The van der Waals surface area contributed by atoms with Crippen molar-refractivity contribution >= 4 is 17.5 Å². The first-order valence-corrected chi connectivity index (χ1v) is 5.80. The summed E-state index contributed by atoms with van der Waals surface area (Å²) in [5, 5.41) is 0. The second kappa shape index (κ2) is 5.32. The van der Waals surface area contributed by atoms with Crippen molar-refractivity contribution in [3.05, 3.63) is 71.3 Å². The normalized spacial score (nSPS) is 10.7. The second-order valence-electron chi connectivity index (χ2n) is 4.23. The quantitative estimate of drug-likeness (QED) is 0.504. The van der Waals surface area contributed by atoms with Crippen LogP contribution in [0.5, 0.6) is 0 Å². The van der Waals surface area contributed by atoms with E-state index in [1.165, 1.54) is 5.56 Å². The summed E-state index contributed by atoms with van der Waals surface area (Å²) in [5.74, 6) is -0.0171. The molecule has 0 aromatic heterocycles. The summed E-state index contributed by atoms with van der Waals surface area (Å²) in [6, 6.07) is 14.9. The number of aryl methyl sites for hydroxylation is 1. The predicted octanol–water partition coefficient (Wildman–Crippen LogP) is 3.47. The van der Waals surface area contributed by atoms with Gasteiger partial charge in [-0.05, 0) is 42.8 Å². The fourth-order valence-corrected chi connectivity index (χ4v) is 1.69. The van der Waals surface area contributed by atoms with Crippen molar-refractivity contribution < 1.29 is 4.79 Å². The number of allylic oxidation sites excluding steroid dienone is 1. The molecule has 0 aliphatic carbocycles. The van der Waals surface area contributed by atoms with Gasteiger partial charge in [0, 0.05) is 11.3 Å². The highest BCUT2D eigenvalue weighted by molar-refractivity contribution is 6.06. The minimum absolute atomic E-state index is 0.0171. The monoisotopic (exact) mass is 237 g/mol. The highest BCUT2D eigenvalue weighted by Gasteiger charge is 2.00. The Morgan fingerprint density at radius 3 is 2.50 bits per heavy atom. The standard InChI is InChI=1S/C16H15NO/c1-12-3-2-4-13(11-12)5-10-16(18)14-6-8-15(17)9-7-14/h2-11H,17H2,1H3. The van der Waals surface area contributed by atoms with Gasteiger partial charge in [-0.15, -0.1) is 0 Å². The number of carbonyl (C=O) groups excluding carboxylic acids is 1. The molecule has 0 spiro atoms. The van der Waals surface area contributed by atoms with Gasteiger partial charge in [0.25, 0.3) is 0 Å². The van der Waals surface area contributed by atoms with Gasteiger partial charge in [-0.25, -0.2) is 0 Å². The first-order chi connectivity index (χ1) is 8.65. The summed E-state index contributed by atoms with van der Waals surface area (Å²) in [6.45, 7) is 2.03. The van der Waals surface area contributed by atoms with E-state index in [9.17, 15) is 4.79 Å². The number of rotatable bonds is 3. The van der Waals surface area contributed by atoms with Gasteiger partial charge in [0.1, 0.15) is 0 Å². The van der Waals surface area contributed by atoms with Crippen molar-refractivity contribution in [2.45, 2.75) is 6.92 Å². The van der Waals surface area contributed by atoms with Crippen LogP contribution in [0.2, 0.25) is 0 Å². The molecule has 0 heterocycles. The van der Waals surface area contributed by atoms with E-state index in [0.29, 0.717) is 11.3 Å². The van der Waals surface area contributed by atoms with Gasteiger partial charge in [-0.3, -0.25) is 4.79 Å². The summed E-state index contributed by atoms with van der Waals surface area (Å²) in [4.78, 5) is 11.9. The predicted molar refractivity (Wildman–Crippen MR) is 75.4 cm³/mol. The molecular formula is C16H15NO. The van der Waals surface area contributed by atoms with Crippen molar-refractivity contribution in [1.29, 1.82) is 0 Å². The van der Waals surface area contributed by atoms with Crippen molar-refractivity contribution in [3.8, 4) is 0 Å². The van der Waals surface area contributed by atoms with Crippen LogP contribution in [0.25, 0.3) is 6.08 Å². The molecule has 18 heavy (non-hydrogen) atoms. The smallest absolute Gasteiger partial charge is 0.185 e. The van der Waals surface area contributed by atoms with Crippen molar-refractivity contribution in [3.63, 3.8) is 0 Å². The van der Waals surface area contributed by atoms with Gasteiger partial charge in [-0.2, -0.15) is 0 Å². The molecule has 2 aromatic carbocycles. The summed E-state index contributed by atoms with van der Waals surface area (Å²) in [7, 11) is 0. The third-order valence-electron chi connectivity index (χ3n) is 2.66. The average Bonchev–Trinajstić information content (AvgIpc) is 2.37. The van der Waals surface area contributed by atoms with Gasteiger partial charge in [0.05, 0.1) is 0 Å². The average molecular weight is 237 g/mol. The molecule has 0 aliphatic heterocycles. The number of hydrogen-bond acceptors (Lipinski definition) is 2. The number of anilines is 1. The van der Waals surface area contributed by atoms with Crippen molar-refractivity contribution in [1.82, 2.24) is 0 Å². The molecule has 2 rings (SSSR count). The molecule has 0 saturated carbocycles. The molecule has 0 atom stereocenters. The van der Waals surface area contributed by atoms with Crippen LogP contribution in [0, 0.1) is 6.92 Å². The van der Waals surface area contributed by atoms with E-state index in [0.717, 1.165) is 5.56 Å². The van der Waals surface area contributed by atoms with Crippen LogP contribution in [0.3, 0.4) is 0 Å². The second-order valence-corrected chi connectivity index (χ2v) is 4.23. The largest absolute Gasteiger partial charge is 0.399 e. The third kappa shape index (κ3) is 3.08. The van der Waals surface area contributed by atoms with Crippen LogP contribution < -0.4 is 5.73 Å². The van der Waals surface area contributed by atoms with Gasteiger partial charge >= 0.3 is 0 Å². The number of nitrogen functional groups attached to an aromatic ring is 1.